The average molecular weight is 222 g/mol. The second-order valence-corrected chi connectivity index (χ2v) is 4.25. The number of nitrogens with one attached hydrogen (secondary N) is 1. The molecule has 1 aromatic heterocycles. The molecular weight excluding hydrogens is 204 g/mol. The van der Waals surface area contributed by atoms with E-state index in [4.69, 9.17) is 10.6 Å². The fourth-order valence-electron chi connectivity index (χ4n) is 2.60. The number of hydrogen-bond acceptors (Lipinski definition) is 5. The van der Waals surface area contributed by atoms with Crippen molar-refractivity contribution in [1.29, 1.82) is 0 Å². The van der Waals surface area contributed by atoms with Crippen molar-refractivity contribution in [3.05, 3.63) is 24.3 Å². The van der Waals surface area contributed by atoms with Gasteiger partial charge in [0.15, 0.2) is 0 Å². The molecule has 0 spiro atoms. The summed E-state index contributed by atoms with van der Waals surface area (Å²) in [5.41, 5.74) is 3.62. The van der Waals surface area contributed by atoms with Gasteiger partial charge in [0, 0.05) is 25.1 Å². The van der Waals surface area contributed by atoms with Gasteiger partial charge in [-0.15, -0.1) is 0 Å². The summed E-state index contributed by atoms with van der Waals surface area (Å²) >= 11 is 0. The van der Waals surface area contributed by atoms with Crippen LogP contribution in [-0.4, -0.2) is 22.7 Å². The molecule has 3 N–H and O–H groups in total. The molecule has 1 heterocycles. The maximum Gasteiger partial charge on any atom is 0.115 e. The van der Waals surface area contributed by atoms with Crippen LogP contribution in [0.25, 0.3) is 0 Å². The van der Waals surface area contributed by atoms with E-state index in [1.807, 2.05) is 0 Å². The number of nitrogens with zero attached hydrogens (tertiary/aromatic N) is 2. The maximum absolute atomic E-state index is 5.71. The zero-order chi connectivity index (χ0) is 11.4. The van der Waals surface area contributed by atoms with E-state index in [-0.39, 0.29) is 11.6 Å². The molecule has 1 unspecified atom stereocenters. The smallest absolute Gasteiger partial charge is 0.115 e. The molecule has 1 atom stereocenters. The molecule has 2 rings (SSSR count). The number of hydrazine groups is 1. The number of ether oxygens (including phenoxy) is 1. The van der Waals surface area contributed by atoms with Crippen molar-refractivity contribution in [2.45, 2.75) is 37.3 Å². The zero-order valence-electron chi connectivity index (χ0n) is 9.52. The first-order chi connectivity index (χ1) is 7.82. The van der Waals surface area contributed by atoms with Gasteiger partial charge in [0.1, 0.15) is 6.33 Å². The van der Waals surface area contributed by atoms with E-state index in [2.05, 4.69) is 15.4 Å². The van der Waals surface area contributed by atoms with E-state index < -0.39 is 0 Å². The van der Waals surface area contributed by atoms with Gasteiger partial charge in [0.25, 0.3) is 0 Å². The van der Waals surface area contributed by atoms with Gasteiger partial charge in [0.05, 0.1) is 11.6 Å². The van der Waals surface area contributed by atoms with Crippen molar-refractivity contribution in [3.63, 3.8) is 0 Å². The topological polar surface area (TPSA) is 73.1 Å². The normalized spacial score (nSPS) is 20.9. The molecule has 16 heavy (non-hydrogen) atoms. The third kappa shape index (κ3) is 1.93. The Kier molecular flexibility index (Phi) is 3.48. The number of methoxy groups -OCH3 is 1. The van der Waals surface area contributed by atoms with E-state index in [1.54, 1.807) is 19.5 Å². The molecule has 5 nitrogen and oxygen atoms in total. The highest BCUT2D eigenvalue weighted by atomic mass is 16.5. The highest BCUT2D eigenvalue weighted by Crippen LogP contribution is 2.41. The van der Waals surface area contributed by atoms with Crippen LogP contribution in [0.15, 0.2) is 18.7 Å². The quantitative estimate of drug-likeness (QED) is 0.586. The lowest BCUT2D eigenvalue weighted by Gasteiger charge is -2.35. The van der Waals surface area contributed by atoms with Gasteiger partial charge in [-0.25, -0.2) is 15.4 Å². The van der Waals surface area contributed by atoms with E-state index in [0.717, 1.165) is 18.4 Å². The van der Waals surface area contributed by atoms with Gasteiger partial charge in [-0.05, 0) is 12.8 Å². The first-order valence-corrected chi connectivity index (χ1v) is 5.58. The van der Waals surface area contributed by atoms with Crippen LogP contribution >= 0.6 is 0 Å². The number of hydrogen-bond donors (Lipinski definition) is 2. The van der Waals surface area contributed by atoms with Crippen LogP contribution in [0, 0.1) is 0 Å². The Bertz CT molecular complexity index is 324. The summed E-state index contributed by atoms with van der Waals surface area (Å²) in [5.74, 6) is 5.66. The zero-order valence-corrected chi connectivity index (χ0v) is 9.52. The van der Waals surface area contributed by atoms with Gasteiger partial charge in [-0.3, -0.25) is 5.84 Å². The molecule has 1 fully saturated rings. The number of aromatic nitrogens is 2. The largest absolute Gasteiger partial charge is 0.376 e. The molecule has 0 saturated heterocycles. The van der Waals surface area contributed by atoms with E-state index >= 15 is 0 Å². The Morgan fingerprint density at radius 2 is 2.00 bits per heavy atom. The minimum atomic E-state index is -0.209. The van der Waals surface area contributed by atoms with Gasteiger partial charge in [-0.2, -0.15) is 0 Å². The predicted molar refractivity (Wildman–Crippen MR) is 60.3 cm³/mol. The first kappa shape index (κ1) is 11.4. The van der Waals surface area contributed by atoms with Gasteiger partial charge in [0.2, 0.25) is 0 Å². The number of rotatable bonds is 4. The molecular formula is C11H18N4O. The summed E-state index contributed by atoms with van der Waals surface area (Å²) in [6, 6.07) is -0.0406. The molecule has 5 heteroatoms. The Hall–Kier alpha value is -1.04. The first-order valence-electron chi connectivity index (χ1n) is 5.58. The maximum atomic E-state index is 5.71. The lowest BCUT2D eigenvalue weighted by Crippen LogP contribution is -2.46. The second kappa shape index (κ2) is 4.86. The molecule has 88 valence electrons. The van der Waals surface area contributed by atoms with Gasteiger partial charge < -0.3 is 4.74 Å². The Morgan fingerprint density at radius 1 is 1.38 bits per heavy atom. The van der Waals surface area contributed by atoms with E-state index in [9.17, 15) is 0 Å². The molecule has 1 saturated carbocycles. The Balaban J connectivity index is 2.28. The monoisotopic (exact) mass is 222 g/mol. The molecule has 0 radical (unpaired) electrons. The van der Waals surface area contributed by atoms with Crippen LogP contribution in [0.3, 0.4) is 0 Å². The number of nitrogens with two attached hydrogens (primary N) is 1. The summed E-state index contributed by atoms with van der Waals surface area (Å²) in [6.45, 7) is 0. The standard InChI is InChI=1S/C11H18N4O/c1-16-11(4-2-3-5-11)10(15-12)9-6-13-8-14-7-9/h6-8,10,15H,2-5,12H2,1H3. The molecule has 0 aliphatic heterocycles. The van der Waals surface area contributed by atoms with Crippen LogP contribution < -0.4 is 11.3 Å². The summed E-state index contributed by atoms with van der Waals surface area (Å²) in [5, 5.41) is 0. The third-order valence-corrected chi connectivity index (χ3v) is 3.46. The van der Waals surface area contributed by atoms with Crippen LogP contribution in [-0.2, 0) is 4.74 Å². The van der Waals surface area contributed by atoms with Crippen LogP contribution in [0.4, 0.5) is 0 Å². The summed E-state index contributed by atoms with van der Waals surface area (Å²) in [6.07, 6.45) is 9.50. The SMILES string of the molecule is COC1(C(NN)c2cncnc2)CCCC1. The Morgan fingerprint density at radius 3 is 2.50 bits per heavy atom. The molecule has 1 aliphatic carbocycles. The summed E-state index contributed by atoms with van der Waals surface area (Å²) in [4.78, 5) is 8.06. The van der Waals surface area contributed by atoms with Gasteiger partial charge >= 0.3 is 0 Å². The van der Waals surface area contributed by atoms with Crippen molar-refractivity contribution < 1.29 is 4.74 Å². The third-order valence-electron chi connectivity index (χ3n) is 3.46. The Labute approximate surface area is 95.4 Å². The van der Waals surface area contributed by atoms with Crippen molar-refractivity contribution in [2.75, 3.05) is 7.11 Å². The lowest BCUT2D eigenvalue weighted by atomic mass is 9.88. The molecule has 1 aromatic rings. The molecule has 0 bridgehead atoms. The van der Waals surface area contributed by atoms with Crippen LogP contribution in [0.5, 0.6) is 0 Å². The van der Waals surface area contributed by atoms with Crippen molar-refractivity contribution in [2.24, 2.45) is 5.84 Å². The lowest BCUT2D eigenvalue weighted by molar-refractivity contribution is -0.0370. The molecule has 1 aliphatic rings. The summed E-state index contributed by atoms with van der Waals surface area (Å²) in [7, 11) is 1.75. The van der Waals surface area contributed by atoms with Crippen molar-refractivity contribution >= 4 is 0 Å². The van der Waals surface area contributed by atoms with Crippen LogP contribution in [0.2, 0.25) is 0 Å². The predicted octanol–water partition coefficient (Wildman–Crippen LogP) is 0.940. The fourth-order valence-corrected chi connectivity index (χ4v) is 2.60. The highest BCUT2D eigenvalue weighted by molar-refractivity contribution is 5.16. The molecule has 0 aromatic carbocycles. The summed E-state index contributed by atoms with van der Waals surface area (Å²) < 4.78 is 5.71. The highest BCUT2D eigenvalue weighted by Gasteiger charge is 2.42. The van der Waals surface area contributed by atoms with E-state index in [0.29, 0.717) is 0 Å². The minimum Gasteiger partial charge on any atom is -0.376 e. The fraction of sp³-hybridized carbons (Fsp3) is 0.636. The van der Waals surface area contributed by atoms with Crippen molar-refractivity contribution in [1.82, 2.24) is 15.4 Å². The van der Waals surface area contributed by atoms with Crippen LogP contribution in [0.1, 0.15) is 37.3 Å². The second-order valence-electron chi connectivity index (χ2n) is 4.25. The minimum absolute atomic E-state index is 0.0406. The van der Waals surface area contributed by atoms with Crippen molar-refractivity contribution in [3.8, 4) is 0 Å². The van der Waals surface area contributed by atoms with Gasteiger partial charge in [-0.1, -0.05) is 12.8 Å². The average Bonchev–Trinajstić information content (AvgIpc) is 2.81. The molecule has 0 amide bonds. The van der Waals surface area contributed by atoms with E-state index in [1.165, 1.54) is 19.2 Å².